The van der Waals surface area contributed by atoms with E-state index in [4.69, 9.17) is 0 Å². The lowest BCUT2D eigenvalue weighted by atomic mass is 10.3. The third-order valence-corrected chi connectivity index (χ3v) is 6.23. The predicted molar refractivity (Wildman–Crippen MR) is 106 cm³/mol. The molecule has 0 aliphatic rings. The van der Waals surface area contributed by atoms with Crippen LogP contribution in [0.3, 0.4) is 0 Å². The van der Waals surface area contributed by atoms with Crippen LogP contribution in [0.15, 0.2) is 58.4 Å². The molecule has 25 heavy (non-hydrogen) atoms. The molecule has 4 rings (SSSR count). The molecule has 0 bridgehead atoms. The van der Waals surface area contributed by atoms with Gasteiger partial charge in [-0.3, -0.25) is 0 Å². The molecule has 0 fully saturated rings. The Morgan fingerprint density at radius 3 is 2.76 bits per heavy atom. The monoisotopic (exact) mass is 385 g/mol. The fraction of sp³-hybridized carbons (Fsp3) is 0.118. The zero-order chi connectivity index (χ0) is 17.1. The van der Waals surface area contributed by atoms with E-state index in [0.717, 1.165) is 38.1 Å². The maximum atomic E-state index is 4.64. The van der Waals surface area contributed by atoms with Crippen molar-refractivity contribution < 1.29 is 0 Å². The number of para-hydroxylation sites is 1. The van der Waals surface area contributed by atoms with Crippen molar-refractivity contribution in [3.63, 3.8) is 0 Å². The highest BCUT2D eigenvalue weighted by Crippen LogP contribution is 2.29. The molecule has 0 saturated carbocycles. The number of thiophene rings is 1. The normalized spacial score (nSPS) is 10.9. The first-order chi connectivity index (χ1) is 12.3. The largest absolute Gasteiger partial charge is 0.332 e. The number of thiazole rings is 1. The van der Waals surface area contributed by atoms with Crippen LogP contribution >= 0.6 is 34.4 Å². The number of hydrogen-bond acceptors (Lipinski definition) is 7. The predicted octanol–water partition coefficient (Wildman–Crippen LogP) is 5.04. The summed E-state index contributed by atoms with van der Waals surface area (Å²) in [6, 6.07) is 14.2. The van der Waals surface area contributed by atoms with Gasteiger partial charge in [-0.2, -0.15) is 0 Å². The molecule has 0 amide bonds. The van der Waals surface area contributed by atoms with Gasteiger partial charge in [-0.15, -0.1) is 32.9 Å². The molecule has 3 aromatic heterocycles. The smallest absolute Gasteiger partial charge is 0.191 e. The number of anilines is 2. The number of benzene rings is 1. The van der Waals surface area contributed by atoms with Gasteiger partial charge in [0.2, 0.25) is 0 Å². The summed E-state index contributed by atoms with van der Waals surface area (Å²) in [5.41, 5.74) is 2.08. The number of nitrogens with zero attached hydrogens (tertiary/aromatic N) is 4. The second-order valence-corrected chi connectivity index (χ2v) is 8.01. The maximum Gasteiger partial charge on any atom is 0.191 e. The van der Waals surface area contributed by atoms with E-state index in [9.17, 15) is 0 Å². The lowest BCUT2D eigenvalue weighted by molar-refractivity contribution is 0.794. The molecular formula is C17H15N5S3. The Morgan fingerprint density at radius 2 is 1.96 bits per heavy atom. The van der Waals surface area contributed by atoms with Crippen molar-refractivity contribution in [3.05, 3.63) is 58.9 Å². The molecular weight excluding hydrogens is 370 g/mol. The first kappa shape index (κ1) is 16.3. The van der Waals surface area contributed by atoms with E-state index in [1.165, 1.54) is 0 Å². The zero-order valence-electron chi connectivity index (χ0n) is 13.4. The van der Waals surface area contributed by atoms with Gasteiger partial charge in [0.05, 0.1) is 10.6 Å². The molecule has 0 aliphatic heterocycles. The molecule has 5 nitrogen and oxygen atoms in total. The molecule has 0 unspecified atom stereocenters. The zero-order valence-corrected chi connectivity index (χ0v) is 15.9. The number of rotatable bonds is 6. The van der Waals surface area contributed by atoms with Crippen LogP contribution in [0.5, 0.6) is 0 Å². The minimum atomic E-state index is 0.767. The van der Waals surface area contributed by atoms with Crippen LogP contribution in [-0.4, -0.2) is 19.7 Å². The lowest BCUT2D eigenvalue weighted by Crippen LogP contribution is -1.94. The topological polar surface area (TPSA) is 55.6 Å². The number of aromatic nitrogens is 4. The Bertz CT molecular complexity index is 944. The highest BCUT2D eigenvalue weighted by Gasteiger charge is 2.12. The maximum absolute atomic E-state index is 4.64. The molecule has 0 spiro atoms. The van der Waals surface area contributed by atoms with Crippen molar-refractivity contribution in [2.45, 2.75) is 10.9 Å². The van der Waals surface area contributed by atoms with Crippen molar-refractivity contribution in [1.29, 1.82) is 0 Å². The average molecular weight is 386 g/mol. The van der Waals surface area contributed by atoms with Crippen LogP contribution < -0.4 is 5.32 Å². The molecule has 4 aromatic rings. The van der Waals surface area contributed by atoms with Gasteiger partial charge in [0.1, 0.15) is 0 Å². The number of thioether (sulfide) groups is 1. The molecule has 0 aliphatic carbocycles. The molecule has 1 aromatic carbocycles. The van der Waals surface area contributed by atoms with Crippen LogP contribution in [0.25, 0.3) is 10.7 Å². The van der Waals surface area contributed by atoms with E-state index in [-0.39, 0.29) is 0 Å². The summed E-state index contributed by atoms with van der Waals surface area (Å²) in [4.78, 5) is 5.77. The van der Waals surface area contributed by atoms with E-state index in [2.05, 4.69) is 31.9 Å². The lowest BCUT2D eigenvalue weighted by Gasteiger charge is -2.02. The molecule has 8 heteroatoms. The van der Waals surface area contributed by atoms with Gasteiger partial charge in [-0.25, -0.2) is 4.98 Å². The Hall–Kier alpha value is -2.16. The van der Waals surface area contributed by atoms with Crippen molar-refractivity contribution in [1.82, 2.24) is 19.7 Å². The van der Waals surface area contributed by atoms with E-state index in [1.54, 1.807) is 34.4 Å². The van der Waals surface area contributed by atoms with Crippen LogP contribution in [-0.2, 0) is 12.8 Å². The fourth-order valence-corrected chi connectivity index (χ4v) is 4.66. The van der Waals surface area contributed by atoms with E-state index in [0.29, 0.717) is 0 Å². The third kappa shape index (κ3) is 3.76. The third-order valence-electron chi connectivity index (χ3n) is 3.50. The highest BCUT2D eigenvalue weighted by atomic mass is 32.2. The van der Waals surface area contributed by atoms with E-state index in [1.807, 2.05) is 53.4 Å². The fourth-order valence-electron chi connectivity index (χ4n) is 2.28. The minimum absolute atomic E-state index is 0.767. The summed E-state index contributed by atoms with van der Waals surface area (Å²) in [6.45, 7) is 0. The number of nitrogens with one attached hydrogen (secondary N) is 1. The Balaban J connectivity index is 1.41. The summed E-state index contributed by atoms with van der Waals surface area (Å²) in [6.07, 6.45) is 0. The summed E-state index contributed by atoms with van der Waals surface area (Å²) in [5, 5.41) is 17.9. The SMILES string of the molecule is Cn1c(SCc2csc(Nc3ccccc3)n2)nnc1-c1cccs1. The van der Waals surface area contributed by atoms with E-state index < -0.39 is 0 Å². The molecule has 126 valence electrons. The van der Waals surface area contributed by atoms with Gasteiger partial charge in [0.15, 0.2) is 16.1 Å². The Labute approximate surface area is 157 Å². The van der Waals surface area contributed by atoms with Gasteiger partial charge < -0.3 is 9.88 Å². The molecule has 1 N–H and O–H groups in total. The number of hydrogen-bond donors (Lipinski definition) is 1. The van der Waals surface area contributed by atoms with Crippen molar-refractivity contribution in [3.8, 4) is 10.7 Å². The first-order valence-electron chi connectivity index (χ1n) is 7.62. The van der Waals surface area contributed by atoms with Gasteiger partial charge in [0, 0.05) is 23.9 Å². The minimum Gasteiger partial charge on any atom is -0.332 e. The quantitative estimate of drug-likeness (QED) is 0.472. The van der Waals surface area contributed by atoms with Crippen molar-refractivity contribution in [2.75, 3.05) is 5.32 Å². The van der Waals surface area contributed by atoms with Crippen LogP contribution in [0.1, 0.15) is 5.69 Å². The molecule has 0 radical (unpaired) electrons. The first-order valence-corrected chi connectivity index (χ1v) is 10.4. The molecule has 0 atom stereocenters. The summed E-state index contributed by atoms with van der Waals surface area (Å²) in [7, 11) is 2.00. The molecule has 0 saturated heterocycles. The van der Waals surface area contributed by atoms with Crippen LogP contribution in [0.4, 0.5) is 10.8 Å². The highest BCUT2D eigenvalue weighted by molar-refractivity contribution is 7.98. The Kier molecular flexibility index (Phi) is 4.82. The summed E-state index contributed by atoms with van der Waals surface area (Å²) >= 11 is 4.93. The van der Waals surface area contributed by atoms with Gasteiger partial charge in [-0.05, 0) is 23.6 Å². The van der Waals surface area contributed by atoms with Crippen LogP contribution in [0, 0.1) is 0 Å². The average Bonchev–Trinajstić information content (AvgIpc) is 3.36. The van der Waals surface area contributed by atoms with Crippen molar-refractivity contribution >= 4 is 45.3 Å². The second kappa shape index (κ2) is 7.38. The summed E-state index contributed by atoms with van der Waals surface area (Å²) < 4.78 is 2.03. The van der Waals surface area contributed by atoms with E-state index >= 15 is 0 Å². The Morgan fingerprint density at radius 1 is 1.08 bits per heavy atom. The van der Waals surface area contributed by atoms with Gasteiger partial charge >= 0.3 is 0 Å². The van der Waals surface area contributed by atoms with Crippen LogP contribution in [0.2, 0.25) is 0 Å². The van der Waals surface area contributed by atoms with Gasteiger partial charge in [-0.1, -0.05) is 36.0 Å². The van der Waals surface area contributed by atoms with Crippen molar-refractivity contribution in [2.24, 2.45) is 7.05 Å². The second-order valence-electron chi connectivity index (χ2n) is 5.27. The standard InChI is InChI=1S/C17H15N5S3/c1-22-15(14-8-5-9-23-14)20-21-17(22)25-11-13-10-24-16(19-13)18-12-6-3-2-4-7-12/h2-10H,11H2,1H3,(H,18,19). The summed E-state index contributed by atoms with van der Waals surface area (Å²) in [5.74, 6) is 1.67. The molecule has 3 heterocycles. The van der Waals surface area contributed by atoms with Gasteiger partial charge in [0.25, 0.3) is 0 Å².